The summed E-state index contributed by atoms with van der Waals surface area (Å²) in [5.41, 5.74) is -0.355. The summed E-state index contributed by atoms with van der Waals surface area (Å²) in [6, 6.07) is 5.48. The fourth-order valence-corrected chi connectivity index (χ4v) is 2.47. The van der Waals surface area contributed by atoms with Gasteiger partial charge in [-0.25, -0.2) is 0 Å². The molecular formula is C13H12ClN3O3. The average Bonchev–Trinajstić information content (AvgIpc) is 2.46. The van der Waals surface area contributed by atoms with Crippen molar-refractivity contribution < 1.29 is 9.72 Å². The van der Waals surface area contributed by atoms with Crippen LogP contribution in [0, 0.1) is 21.4 Å². The second-order valence-electron chi connectivity index (χ2n) is 4.56. The van der Waals surface area contributed by atoms with E-state index in [0.717, 1.165) is 18.9 Å². The lowest BCUT2D eigenvalue weighted by Gasteiger charge is -2.31. The summed E-state index contributed by atoms with van der Waals surface area (Å²) in [6.07, 6.45) is 2.28. The van der Waals surface area contributed by atoms with Crippen LogP contribution in [0.25, 0.3) is 0 Å². The Morgan fingerprint density at radius 2 is 2.25 bits per heavy atom. The number of nitriles is 1. The molecule has 0 aromatic heterocycles. The van der Waals surface area contributed by atoms with Crippen LogP contribution in [-0.2, 0) is 0 Å². The number of carbonyl (C=O) groups excluding carboxylic acids is 1. The number of hydrogen-bond donors (Lipinski definition) is 0. The molecule has 0 saturated carbocycles. The lowest BCUT2D eigenvalue weighted by atomic mass is 10.0. The fraction of sp³-hybridized carbons (Fsp3) is 0.385. The number of rotatable bonds is 2. The molecule has 104 valence electrons. The highest BCUT2D eigenvalue weighted by molar-refractivity contribution is 6.31. The number of piperidine rings is 1. The van der Waals surface area contributed by atoms with Crippen LogP contribution in [0.2, 0.25) is 5.02 Å². The molecule has 1 aliphatic rings. The van der Waals surface area contributed by atoms with Crippen molar-refractivity contribution in [2.45, 2.75) is 25.3 Å². The van der Waals surface area contributed by atoms with Gasteiger partial charge in [0.25, 0.3) is 11.6 Å². The number of carbonyl (C=O) groups is 1. The zero-order valence-corrected chi connectivity index (χ0v) is 11.3. The molecule has 1 saturated heterocycles. The molecule has 0 aliphatic carbocycles. The minimum atomic E-state index is -0.634. The molecule has 6 nitrogen and oxygen atoms in total. The molecular weight excluding hydrogens is 282 g/mol. The summed E-state index contributed by atoms with van der Waals surface area (Å²) in [6.45, 7) is 0.441. The standard InChI is InChI=1S/C13H12ClN3O3/c14-9-4-5-11(12(7-9)17(19)20)13(18)16-6-2-1-3-10(16)8-15/h4-5,7,10H,1-3,6H2. The first-order chi connectivity index (χ1) is 9.54. The van der Waals surface area contributed by atoms with Crippen molar-refractivity contribution in [3.8, 4) is 6.07 Å². The van der Waals surface area contributed by atoms with Gasteiger partial charge in [0.1, 0.15) is 11.6 Å². The molecule has 0 radical (unpaired) electrons. The van der Waals surface area contributed by atoms with Gasteiger partial charge in [-0.15, -0.1) is 0 Å². The van der Waals surface area contributed by atoms with Crippen molar-refractivity contribution in [1.29, 1.82) is 5.26 Å². The lowest BCUT2D eigenvalue weighted by molar-refractivity contribution is -0.385. The van der Waals surface area contributed by atoms with Crippen LogP contribution in [0.4, 0.5) is 5.69 Å². The molecule has 7 heteroatoms. The van der Waals surface area contributed by atoms with E-state index in [1.807, 2.05) is 0 Å². The summed E-state index contributed by atoms with van der Waals surface area (Å²) in [7, 11) is 0. The first kappa shape index (κ1) is 14.3. The summed E-state index contributed by atoms with van der Waals surface area (Å²) >= 11 is 5.73. The van der Waals surface area contributed by atoms with E-state index in [4.69, 9.17) is 16.9 Å². The van der Waals surface area contributed by atoms with Gasteiger partial charge in [0.05, 0.1) is 11.0 Å². The number of nitro benzene ring substituents is 1. The highest BCUT2D eigenvalue weighted by Gasteiger charge is 2.31. The summed E-state index contributed by atoms with van der Waals surface area (Å²) in [5, 5.41) is 20.3. The Morgan fingerprint density at radius 1 is 1.50 bits per heavy atom. The molecule has 1 heterocycles. The average molecular weight is 294 g/mol. The van der Waals surface area contributed by atoms with E-state index < -0.39 is 16.9 Å². The Labute approximate surface area is 120 Å². The Balaban J connectivity index is 2.38. The van der Waals surface area contributed by atoms with E-state index in [0.29, 0.717) is 13.0 Å². The quantitative estimate of drug-likeness (QED) is 0.619. The van der Waals surface area contributed by atoms with Gasteiger partial charge < -0.3 is 4.90 Å². The molecule has 0 bridgehead atoms. The number of likely N-dealkylation sites (tertiary alicyclic amines) is 1. The Kier molecular flexibility index (Phi) is 4.20. The van der Waals surface area contributed by atoms with Gasteiger partial charge in [-0.3, -0.25) is 14.9 Å². The normalized spacial score (nSPS) is 18.4. The molecule has 1 fully saturated rings. The van der Waals surface area contributed by atoms with E-state index >= 15 is 0 Å². The van der Waals surface area contributed by atoms with E-state index in [1.165, 1.54) is 17.0 Å². The third-order valence-electron chi connectivity index (χ3n) is 3.30. The van der Waals surface area contributed by atoms with E-state index in [1.54, 1.807) is 0 Å². The predicted octanol–water partition coefficient (Wildman–Crippen LogP) is 2.77. The van der Waals surface area contributed by atoms with E-state index in [2.05, 4.69) is 6.07 Å². The Morgan fingerprint density at radius 3 is 2.90 bits per heavy atom. The first-order valence-electron chi connectivity index (χ1n) is 6.19. The Bertz CT molecular complexity index is 597. The summed E-state index contributed by atoms with van der Waals surface area (Å²) < 4.78 is 0. The van der Waals surface area contributed by atoms with Crippen LogP contribution >= 0.6 is 11.6 Å². The highest BCUT2D eigenvalue weighted by atomic mass is 35.5. The monoisotopic (exact) mass is 293 g/mol. The van der Waals surface area contributed by atoms with E-state index in [-0.39, 0.29) is 16.3 Å². The number of nitrogens with zero attached hydrogens (tertiary/aromatic N) is 3. The number of amides is 1. The van der Waals surface area contributed by atoms with Gasteiger partial charge >= 0.3 is 0 Å². The van der Waals surface area contributed by atoms with Gasteiger partial charge in [-0.05, 0) is 31.4 Å². The van der Waals surface area contributed by atoms with Crippen LogP contribution in [0.15, 0.2) is 18.2 Å². The molecule has 1 aliphatic heterocycles. The minimum absolute atomic E-state index is 0.0263. The molecule has 1 amide bonds. The van der Waals surface area contributed by atoms with Crippen molar-refractivity contribution >= 4 is 23.2 Å². The second kappa shape index (κ2) is 5.88. The van der Waals surface area contributed by atoms with Crippen LogP contribution in [-0.4, -0.2) is 28.3 Å². The molecule has 2 rings (SSSR count). The molecule has 1 unspecified atom stereocenters. The SMILES string of the molecule is N#CC1CCCCN1C(=O)c1ccc(Cl)cc1[N+](=O)[O-]. The van der Waals surface area contributed by atoms with Gasteiger partial charge in [0.2, 0.25) is 0 Å². The van der Waals surface area contributed by atoms with Crippen LogP contribution in [0.1, 0.15) is 29.6 Å². The fourth-order valence-electron chi connectivity index (χ4n) is 2.30. The van der Waals surface area contributed by atoms with Crippen LogP contribution in [0.5, 0.6) is 0 Å². The molecule has 1 aromatic rings. The number of nitro groups is 1. The number of halogens is 1. The zero-order valence-electron chi connectivity index (χ0n) is 10.6. The maximum absolute atomic E-state index is 12.4. The van der Waals surface area contributed by atoms with Crippen LogP contribution in [0.3, 0.4) is 0 Å². The molecule has 1 aromatic carbocycles. The van der Waals surface area contributed by atoms with Gasteiger partial charge in [-0.1, -0.05) is 11.6 Å². The lowest BCUT2D eigenvalue weighted by Crippen LogP contribution is -2.43. The zero-order chi connectivity index (χ0) is 14.7. The van der Waals surface area contributed by atoms with Crippen LogP contribution < -0.4 is 0 Å². The highest BCUT2D eigenvalue weighted by Crippen LogP contribution is 2.27. The number of benzene rings is 1. The minimum Gasteiger partial charge on any atom is -0.322 e. The van der Waals surface area contributed by atoms with Gasteiger partial charge in [0.15, 0.2) is 0 Å². The van der Waals surface area contributed by atoms with Crippen molar-refractivity contribution in [2.75, 3.05) is 6.54 Å². The van der Waals surface area contributed by atoms with E-state index in [9.17, 15) is 14.9 Å². The van der Waals surface area contributed by atoms with Crippen molar-refractivity contribution in [3.63, 3.8) is 0 Å². The van der Waals surface area contributed by atoms with Crippen molar-refractivity contribution in [1.82, 2.24) is 4.90 Å². The largest absolute Gasteiger partial charge is 0.322 e. The van der Waals surface area contributed by atoms with Gasteiger partial charge in [0, 0.05) is 17.6 Å². The maximum Gasteiger partial charge on any atom is 0.283 e. The smallest absolute Gasteiger partial charge is 0.283 e. The molecule has 1 atom stereocenters. The summed E-state index contributed by atoms with van der Waals surface area (Å²) in [4.78, 5) is 24.2. The van der Waals surface area contributed by atoms with Crippen molar-refractivity contribution in [2.24, 2.45) is 0 Å². The van der Waals surface area contributed by atoms with Crippen molar-refractivity contribution in [3.05, 3.63) is 38.9 Å². The first-order valence-corrected chi connectivity index (χ1v) is 6.57. The topological polar surface area (TPSA) is 87.2 Å². The molecule has 20 heavy (non-hydrogen) atoms. The Hall–Kier alpha value is -2.13. The third-order valence-corrected chi connectivity index (χ3v) is 3.53. The third kappa shape index (κ3) is 2.73. The maximum atomic E-state index is 12.4. The second-order valence-corrected chi connectivity index (χ2v) is 4.99. The molecule has 0 spiro atoms. The summed E-state index contributed by atoms with van der Waals surface area (Å²) in [5.74, 6) is -0.486. The number of hydrogen-bond acceptors (Lipinski definition) is 4. The van der Waals surface area contributed by atoms with Gasteiger partial charge in [-0.2, -0.15) is 5.26 Å². The molecule has 0 N–H and O–H groups in total. The predicted molar refractivity (Wildman–Crippen MR) is 72.4 cm³/mol.